The Morgan fingerprint density at radius 3 is 1.58 bits per heavy atom. The highest BCUT2D eigenvalue weighted by molar-refractivity contribution is 7.47. The number of phosphoric acid groups is 1. The van der Waals surface area contributed by atoms with E-state index < -0.39 is 19.9 Å². The first-order chi connectivity index (χ1) is 24.4. The van der Waals surface area contributed by atoms with Gasteiger partial charge in [-0.05, 0) is 44.6 Å². The second-order valence-corrected chi connectivity index (χ2v) is 15.0. The Hall–Kier alpha value is -1.44. The zero-order valence-corrected chi connectivity index (χ0v) is 33.3. The Labute approximate surface area is 308 Å². The molecular weight excluding hydrogens is 649 g/mol. The number of carbonyl (C=O) groups excluding carboxylic acids is 1. The fourth-order valence-electron chi connectivity index (χ4n) is 5.60. The van der Waals surface area contributed by atoms with Crippen LogP contribution < -0.4 is 5.73 Å². The highest BCUT2D eigenvalue weighted by Crippen LogP contribution is 2.43. The molecule has 294 valence electrons. The minimum absolute atomic E-state index is 0.0113. The lowest BCUT2D eigenvalue weighted by Gasteiger charge is -2.19. The monoisotopic (exact) mass is 728 g/mol. The number of carbonyl (C=O) groups is 1. The minimum Gasteiger partial charge on any atom is -0.498 e. The largest absolute Gasteiger partial charge is 0.498 e. The number of unbranched alkanes of at least 4 members (excludes halogenated alkanes) is 22. The van der Waals surface area contributed by atoms with Crippen molar-refractivity contribution in [3.8, 4) is 0 Å². The molecule has 0 saturated heterocycles. The van der Waals surface area contributed by atoms with E-state index in [4.69, 9.17) is 24.3 Å². The predicted octanol–water partition coefficient (Wildman–Crippen LogP) is 12.2. The number of phosphoric ester groups is 1. The van der Waals surface area contributed by atoms with E-state index in [0.29, 0.717) is 6.42 Å². The number of nitrogens with two attached hydrogens (primary N) is 1. The Bertz CT molecular complexity index is 864. The molecule has 3 N–H and O–H groups in total. The molecule has 0 heterocycles. The van der Waals surface area contributed by atoms with Crippen molar-refractivity contribution in [2.24, 2.45) is 5.73 Å². The van der Waals surface area contributed by atoms with Crippen LogP contribution in [0.15, 0.2) is 36.6 Å². The number of ether oxygens (including phenoxy) is 2. The van der Waals surface area contributed by atoms with Crippen LogP contribution in [0, 0.1) is 0 Å². The zero-order chi connectivity index (χ0) is 36.6. The first-order valence-electron chi connectivity index (χ1n) is 20.5. The smallest absolute Gasteiger partial charge is 0.472 e. The summed E-state index contributed by atoms with van der Waals surface area (Å²) in [5, 5.41) is 0. The van der Waals surface area contributed by atoms with Crippen molar-refractivity contribution < 1.29 is 32.8 Å². The molecule has 0 aromatic heterocycles. The molecule has 0 aliphatic rings. The van der Waals surface area contributed by atoms with Crippen LogP contribution in [0.2, 0.25) is 0 Å². The second kappa shape index (κ2) is 38.8. The van der Waals surface area contributed by atoms with Crippen LogP contribution >= 0.6 is 7.82 Å². The fourth-order valence-corrected chi connectivity index (χ4v) is 6.37. The molecule has 0 spiro atoms. The van der Waals surface area contributed by atoms with Crippen LogP contribution in [-0.2, 0) is 27.9 Å². The van der Waals surface area contributed by atoms with Gasteiger partial charge in [-0.1, -0.05) is 167 Å². The van der Waals surface area contributed by atoms with Crippen molar-refractivity contribution >= 4 is 13.8 Å². The van der Waals surface area contributed by atoms with Gasteiger partial charge in [-0.25, -0.2) is 4.57 Å². The van der Waals surface area contributed by atoms with Gasteiger partial charge >= 0.3 is 13.8 Å². The van der Waals surface area contributed by atoms with Crippen LogP contribution in [-0.4, -0.2) is 43.3 Å². The van der Waals surface area contributed by atoms with Gasteiger partial charge < -0.3 is 20.1 Å². The minimum atomic E-state index is -4.30. The average molecular weight is 728 g/mol. The van der Waals surface area contributed by atoms with Crippen molar-refractivity contribution in [1.29, 1.82) is 0 Å². The summed E-state index contributed by atoms with van der Waals surface area (Å²) in [6, 6.07) is 0. The zero-order valence-electron chi connectivity index (χ0n) is 32.4. The van der Waals surface area contributed by atoms with Gasteiger partial charge in [0.05, 0.1) is 19.5 Å². The summed E-state index contributed by atoms with van der Waals surface area (Å²) < 4.78 is 33.0. The Morgan fingerprint density at radius 2 is 1.08 bits per heavy atom. The van der Waals surface area contributed by atoms with Crippen molar-refractivity contribution in [3.05, 3.63) is 36.6 Å². The van der Waals surface area contributed by atoms with Gasteiger partial charge in [0.2, 0.25) is 0 Å². The summed E-state index contributed by atoms with van der Waals surface area (Å²) in [6.45, 7) is 4.18. The van der Waals surface area contributed by atoms with Gasteiger partial charge in [-0.3, -0.25) is 13.8 Å². The van der Waals surface area contributed by atoms with Crippen molar-refractivity contribution in [2.75, 3.05) is 26.4 Å². The molecular formula is C41H78NO7P. The Balaban J connectivity index is 4.18. The average Bonchev–Trinajstić information content (AvgIpc) is 3.10. The molecule has 0 aliphatic carbocycles. The maximum atomic E-state index is 12.5. The number of allylic oxidation sites excluding steroid dienone is 5. The molecule has 0 aromatic rings. The summed E-state index contributed by atoms with van der Waals surface area (Å²) in [5.41, 5.74) is 5.35. The number of rotatable bonds is 39. The van der Waals surface area contributed by atoms with Gasteiger partial charge in [-0.15, -0.1) is 0 Å². The standard InChI is InChI=1S/C41H78NO7P/c1-3-5-7-9-11-13-15-17-19-21-23-25-27-29-31-33-36-46-38-40(39-48-50(44,45)47-37-35-42)49-41(43)34-32-30-28-26-24-22-20-18-16-14-12-10-8-6-4-2/h22,24,28,30,33,36,40H,3-21,23,25-27,29,31-32,34-35,37-39,42H2,1-2H3,(H,44,45)/b24-22-,30-28-,36-33+. The van der Waals surface area contributed by atoms with Crippen LogP contribution in [0.25, 0.3) is 0 Å². The SMILES string of the molecule is CCCCCCCCCC/C=C\C/C=C\CCC(=O)OC(CO/C=C/CCCCCCCCCCCCCCCC)COP(=O)(O)OCCN. The van der Waals surface area contributed by atoms with E-state index in [0.717, 1.165) is 25.7 Å². The van der Waals surface area contributed by atoms with E-state index in [1.54, 1.807) is 6.26 Å². The van der Waals surface area contributed by atoms with E-state index >= 15 is 0 Å². The molecule has 0 saturated carbocycles. The maximum absolute atomic E-state index is 12.5. The van der Waals surface area contributed by atoms with Gasteiger partial charge in [0.25, 0.3) is 0 Å². The van der Waals surface area contributed by atoms with E-state index in [-0.39, 0.29) is 32.8 Å². The van der Waals surface area contributed by atoms with Gasteiger partial charge in [0.1, 0.15) is 6.61 Å². The molecule has 0 bridgehead atoms. The van der Waals surface area contributed by atoms with E-state index in [2.05, 4.69) is 32.1 Å². The Morgan fingerprint density at radius 1 is 0.620 bits per heavy atom. The van der Waals surface area contributed by atoms with E-state index in [1.165, 1.54) is 135 Å². The lowest BCUT2D eigenvalue weighted by atomic mass is 10.0. The molecule has 0 fully saturated rings. The van der Waals surface area contributed by atoms with Crippen molar-refractivity contribution in [2.45, 2.75) is 193 Å². The summed E-state index contributed by atoms with van der Waals surface area (Å²) in [5.74, 6) is -0.417. The quantitative estimate of drug-likeness (QED) is 0.0211. The third kappa shape index (κ3) is 37.8. The van der Waals surface area contributed by atoms with Gasteiger partial charge in [0.15, 0.2) is 6.10 Å². The molecule has 0 amide bonds. The highest BCUT2D eigenvalue weighted by atomic mass is 31.2. The first-order valence-corrected chi connectivity index (χ1v) is 22.0. The summed E-state index contributed by atoms with van der Waals surface area (Å²) in [7, 11) is -4.30. The third-order valence-corrected chi connectivity index (χ3v) is 9.62. The fraction of sp³-hybridized carbons (Fsp3) is 0.829. The van der Waals surface area contributed by atoms with Crippen LogP contribution in [0.4, 0.5) is 0 Å². The normalized spacial score (nSPS) is 13.8. The summed E-state index contributed by atoms with van der Waals surface area (Å²) in [6.07, 6.45) is 44.1. The number of hydrogen-bond acceptors (Lipinski definition) is 7. The molecule has 2 atom stereocenters. The van der Waals surface area contributed by atoms with Crippen LogP contribution in [0.3, 0.4) is 0 Å². The maximum Gasteiger partial charge on any atom is 0.472 e. The molecule has 9 heteroatoms. The first kappa shape index (κ1) is 48.6. The molecule has 0 rings (SSSR count). The van der Waals surface area contributed by atoms with Crippen LogP contribution in [0.1, 0.15) is 187 Å². The number of hydrogen-bond donors (Lipinski definition) is 2. The highest BCUT2D eigenvalue weighted by Gasteiger charge is 2.25. The van der Waals surface area contributed by atoms with Gasteiger partial charge in [0, 0.05) is 13.0 Å². The topological polar surface area (TPSA) is 117 Å². The van der Waals surface area contributed by atoms with E-state index in [9.17, 15) is 14.3 Å². The summed E-state index contributed by atoms with van der Waals surface area (Å²) >= 11 is 0. The second-order valence-electron chi connectivity index (χ2n) is 13.6. The molecule has 0 aliphatic heterocycles. The third-order valence-electron chi connectivity index (χ3n) is 8.64. The molecule has 0 radical (unpaired) electrons. The Kier molecular flexibility index (Phi) is 37.7. The van der Waals surface area contributed by atoms with Gasteiger partial charge in [-0.2, -0.15) is 0 Å². The summed E-state index contributed by atoms with van der Waals surface area (Å²) in [4.78, 5) is 22.4. The van der Waals surface area contributed by atoms with Crippen molar-refractivity contribution in [3.63, 3.8) is 0 Å². The molecule has 0 aromatic carbocycles. The van der Waals surface area contributed by atoms with Crippen molar-refractivity contribution in [1.82, 2.24) is 0 Å². The predicted molar refractivity (Wildman–Crippen MR) is 210 cm³/mol. The lowest BCUT2D eigenvalue weighted by molar-refractivity contribution is -0.153. The lowest BCUT2D eigenvalue weighted by Crippen LogP contribution is -2.27. The number of esters is 1. The molecule has 8 nitrogen and oxygen atoms in total. The molecule has 2 unspecified atom stereocenters. The van der Waals surface area contributed by atoms with E-state index in [1.807, 2.05) is 12.2 Å². The molecule has 50 heavy (non-hydrogen) atoms. The van der Waals surface area contributed by atoms with Crippen LogP contribution in [0.5, 0.6) is 0 Å².